The molecule has 0 unspecified atom stereocenters. The van der Waals surface area contributed by atoms with Gasteiger partial charge in [-0.05, 0) is 54.1 Å². The molecule has 0 fully saturated rings. The zero-order valence-corrected chi connectivity index (χ0v) is 13.5. The molecular weight excluding hydrogens is 312 g/mol. The van der Waals surface area contributed by atoms with Crippen molar-refractivity contribution >= 4 is 16.9 Å². The lowest BCUT2D eigenvalue weighted by Gasteiger charge is -2.08. The lowest BCUT2D eigenvalue weighted by Crippen LogP contribution is -2.22. The second-order valence-corrected chi connectivity index (χ2v) is 5.70. The minimum Gasteiger partial charge on any atom is -0.348 e. The third kappa shape index (κ3) is 3.26. The van der Waals surface area contributed by atoms with Gasteiger partial charge in [-0.25, -0.2) is 0 Å². The second-order valence-electron chi connectivity index (χ2n) is 5.70. The molecule has 4 rings (SSSR count). The molecule has 0 aliphatic carbocycles. The number of amides is 1. The quantitative estimate of drug-likeness (QED) is 0.625. The molecule has 122 valence electrons. The number of nitrogens with one attached hydrogen (secondary N) is 1. The first kappa shape index (κ1) is 15.1. The molecule has 25 heavy (non-hydrogen) atoms. The molecule has 1 amide bonds. The maximum absolute atomic E-state index is 12.3. The largest absolute Gasteiger partial charge is 0.348 e. The van der Waals surface area contributed by atoms with Gasteiger partial charge >= 0.3 is 0 Å². The van der Waals surface area contributed by atoms with Gasteiger partial charge in [-0.15, -0.1) is 0 Å². The van der Waals surface area contributed by atoms with Crippen molar-refractivity contribution in [2.24, 2.45) is 0 Å². The number of hydrogen-bond acceptors (Lipinski definition) is 3. The Kier molecular flexibility index (Phi) is 3.96. The molecule has 0 bridgehead atoms. The molecule has 0 spiro atoms. The van der Waals surface area contributed by atoms with Gasteiger partial charge < -0.3 is 9.88 Å². The Morgan fingerprint density at radius 3 is 2.40 bits per heavy atom. The summed E-state index contributed by atoms with van der Waals surface area (Å²) in [7, 11) is 0. The minimum absolute atomic E-state index is 0.0988. The Labute approximate surface area is 145 Å². The van der Waals surface area contributed by atoms with Gasteiger partial charge in [0.25, 0.3) is 5.91 Å². The van der Waals surface area contributed by atoms with Gasteiger partial charge in [-0.1, -0.05) is 6.07 Å². The average molecular weight is 328 g/mol. The highest BCUT2D eigenvalue weighted by atomic mass is 16.1. The van der Waals surface area contributed by atoms with Crippen LogP contribution in [0.2, 0.25) is 0 Å². The fourth-order valence-corrected chi connectivity index (χ4v) is 2.69. The van der Waals surface area contributed by atoms with E-state index in [1.54, 1.807) is 12.4 Å². The van der Waals surface area contributed by atoms with Gasteiger partial charge in [-0.3, -0.25) is 14.8 Å². The van der Waals surface area contributed by atoms with E-state index in [4.69, 9.17) is 0 Å². The molecule has 5 heteroatoms. The average Bonchev–Trinajstić information content (AvgIpc) is 3.21. The lowest BCUT2D eigenvalue weighted by atomic mass is 10.1. The van der Waals surface area contributed by atoms with Crippen LogP contribution in [-0.2, 0) is 6.54 Å². The van der Waals surface area contributed by atoms with Crippen LogP contribution in [0.3, 0.4) is 0 Å². The molecule has 0 saturated carbocycles. The van der Waals surface area contributed by atoms with E-state index in [-0.39, 0.29) is 5.91 Å². The maximum Gasteiger partial charge on any atom is 0.251 e. The molecule has 0 saturated heterocycles. The number of aromatic nitrogens is 3. The van der Waals surface area contributed by atoms with Crippen LogP contribution in [0.5, 0.6) is 0 Å². The molecular formula is C20H16N4O. The summed E-state index contributed by atoms with van der Waals surface area (Å²) >= 11 is 0. The predicted molar refractivity (Wildman–Crippen MR) is 96.5 cm³/mol. The van der Waals surface area contributed by atoms with E-state index in [0.717, 1.165) is 22.3 Å². The Morgan fingerprint density at radius 2 is 1.64 bits per heavy atom. The normalized spacial score (nSPS) is 10.7. The third-order valence-electron chi connectivity index (χ3n) is 4.02. The van der Waals surface area contributed by atoms with Crippen molar-refractivity contribution in [1.29, 1.82) is 0 Å². The van der Waals surface area contributed by atoms with Crippen LogP contribution >= 0.6 is 0 Å². The first-order valence-electron chi connectivity index (χ1n) is 8.01. The highest BCUT2D eigenvalue weighted by molar-refractivity contribution is 5.94. The number of carbonyl (C=O) groups is 1. The summed E-state index contributed by atoms with van der Waals surface area (Å²) in [5.41, 5.74) is 4.32. The monoisotopic (exact) mass is 328 g/mol. The van der Waals surface area contributed by atoms with Gasteiger partial charge in [-0.2, -0.15) is 0 Å². The Balaban J connectivity index is 1.44. The Bertz CT molecular complexity index is 1010. The Hall–Kier alpha value is -3.47. The SMILES string of the molecule is O=C(NCc1ccc2nccnc2c1)c1ccc(-n2cccc2)cc1. The molecule has 1 N–H and O–H groups in total. The van der Waals surface area contributed by atoms with E-state index in [9.17, 15) is 4.79 Å². The van der Waals surface area contributed by atoms with Crippen molar-refractivity contribution < 1.29 is 4.79 Å². The molecule has 2 heterocycles. The van der Waals surface area contributed by atoms with Crippen molar-refractivity contribution in [3.8, 4) is 5.69 Å². The number of benzene rings is 2. The zero-order valence-electron chi connectivity index (χ0n) is 13.5. The predicted octanol–water partition coefficient (Wildman–Crippen LogP) is 3.35. The van der Waals surface area contributed by atoms with Crippen molar-refractivity contribution in [2.75, 3.05) is 0 Å². The third-order valence-corrected chi connectivity index (χ3v) is 4.02. The molecule has 0 aliphatic rings. The summed E-state index contributed by atoms with van der Waals surface area (Å²) in [5.74, 6) is -0.0988. The van der Waals surface area contributed by atoms with Crippen LogP contribution in [0, 0.1) is 0 Å². The first-order valence-corrected chi connectivity index (χ1v) is 8.01. The van der Waals surface area contributed by atoms with Gasteiger partial charge in [0.15, 0.2) is 0 Å². The molecule has 0 aliphatic heterocycles. The first-order chi connectivity index (χ1) is 12.3. The molecule has 5 nitrogen and oxygen atoms in total. The highest BCUT2D eigenvalue weighted by Crippen LogP contribution is 2.12. The van der Waals surface area contributed by atoms with E-state index in [1.165, 1.54) is 0 Å². The topological polar surface area (TPSA) is 59.8 Å². The van der Waals surface area contributed by atoms with Gasteiger partial charge in [0.1, 0.15) is 0 Å². The van der Waals surface area contributed by atoms with Crippen LogP contribution in [0.1, 0.15) is 15.9 Å². The van der Waals surface area contributed by atoms with Crippen LogP contribution in [0.4, 0.5) is 0 Å². The summed E-state index contributed by atoms with van der Waals surface area (Å²) in [5, 5.41) is 2.94. The number of fused-ring (bicyclic) bond motifs is 1. The van der Waals surface area contributed by atoms with E-state index < -0.39 is 0 Å². The molecule has 4 aromatic rings. The molecule has 2 aromatic heterocycles. The van der Waals surface area contributed by atoms with E-state index in [1.807, 2.05) is 71.6 Å². The van der Waals surface area contributed by atoms with Crippen molar-refractivity contribution in [2.45, 2.75) is 6.54 Å². The van der Waals surface area contributed by atoms with Crippen LogP contribution in [0.15, 0.2) is 79.4 Å². The summed E-state index contributed by atoms with van der Waals surface area (Å²) in [6, 6.07) is 17.3. The highest BCUT2D eigenvalue weighted by Gasteiger charge is 2.06. The fraction of sp³-hybridized carbons (Fsp3) is 0.0500. The van der Waals surface area contributed by atoms with E-state index in [0.29, 0.717) is 12.1 Å². The maximum atomic E-state index is 12.3. The molecule has 2 aromatic carbocycles. The second kappa shape index (κ2) is 6.57. The number of carbonyl (C=O) groups excluding carboxylic acids is 1. The summed E-state index contributed by atoms with van der Waals surface area (Å²) in [6.45, 7) is 0.449. The standard InChI is InChI=1S/C20H16N4O/c25-20(16-4-6-17(7-5-16)24-11-1-2-12-24)23-14-15-3-8-18-19(13-15)22-10-9-21-18/h1-13H,14H2,(H,23,25). The summed E-state index contributed by atoms with van der Waals surface area (Å²) in [4.78, 5) is 20.9. The van der Waals surface area contributed by atoms with E-state index in [2.05, 4.69) is 15.3 Å². The van der Waals surface area contributed by atoms with Gasteiger partial charge in [0.05, 0.1) is 11.0 Å². The summed E-state index contributed by atoms with van der Waals surface area (Å²) < 4.78 is 2.00. The van der Waals surface area contributed by atoms with Crippen LogP contribution < -0.4 is 5.32 Å². The fourth-order valence-electron chi connectivity index (χ4n) is 2.69. The molecule has 0 radical (unpaired) electrons. The van der Waals surface area contributed by atoms with Gasteiger partial charge in [0, 0.05) is 42.6 Å². The minimum atomic E-state index is -0.0988. The number of rotatable bonds is 4. The van der Waals surface area contributed by atoms with Gasteiger partial charge in [0.2, 0.25) is 0 Å². The summed E-state index contributed by atoms with van der Waals surface area (Å²) in [6.07, 6.45) is 7.27. The lowest BCUT2D eigenvalue weighted by molar-refractivity contribution is 0.0951. The van der Waals surface area contributed by atoms with Crippen LogP contribution in [0.25, 0.3) is 16.7 Å². The smallest absolute Gasteiger partial charge is 0.251 e. The van der Waals surface area contributed by atoms with Crippen LogP contribution in [-0.4, -0.2) is 20.4 Å². The molecule has 0 atom stereocenters. The number of hydrogen-bond donors (Lipinski definition) is 1. The zero-order chi connectivity index (χ0) is 17.1. The Morgan fingerprint density at radius 1 is 0.920 bits per heavy atom. The van der Waals surface area contributed by atoms with E-state index >= 15 is 0 Å². The number of nitrogens with zero attached hydrogens (tertiary/aromatic N) is 3. The van der Waals surface area contributed by atoms with Crippen molar-refractivity contribution in [1.82, 2.24) is 19.9 Å². The van der Waals surface area contributed by atoms with Crippen molar-refractivity contribution in [3.05, 3.63) is 90.5 Å². The van der Waals surface area contributed by atoms with Crippen molar-refractivity contribution in [3.63, 3.8) is 0 Å².